The second-order valence-electron chi connectivity index (χ2n) is 4.75. The minimum absolute atomic E-state index is 0.0645. The highest BCUT2D eigenvalue weighted by molar-refractivity contribution is 5.47. The Kier molecular flexibility index (Phi) is 3.87. The molecule has 0 aliphatic carbocycles. The normalized spacial score (nSPS) is 11.9. The molecule has 0 radical (unpaired) electrons. The van der Waals surface area contributed by atoms with Crippen molar-refractivity contribution in [3.8, 4) is 5.75 Å². The van der Waals surface area contributed by atoms with Crippen LogP contribution in [0.3, 0.4) is 0 Å². The zero-order chi connectivity index (χ0) is 14.5. The van der Waals surface area contributed by atoms with Crippen LogP contribution in [-0.4, -0.2) is 17.3 Å². The van der Waals surface area contributed by atoms with Crippen LogP contribution in [0.25, 0.3) is 0 Å². The van der Waals surface area contributed by atoms with E-state index in [4.69, 9.17) is 4.74 Å². The smallest absolute Gasteiger partial charge is 0.118 e. The van der Waals surface area contributed by atoms with Crippen molar-refractivity contribution < 1.29 is 4.74 Å². The topological polar surface area (TPSA) is 49.9 Å². The highest BCUT2D eigenvalue weighted by atomic mass is 16.5. The van der Waals surface area contributed by atoms with Crippen molar-refractivity contribution in [3.63, 3.8) is 0 Å². The molecule has 3 rings (SSSR count). The van der Waals surface area contributed by atoms with E-state index in [9.17, 15) is 0 Å². The van der Waals surface area contributed by atoms with E-state index < -0.39 is 0 Å². The molecule has 0 saturated heterocycles. The molecule has 4 nitrogen and oxygen atoms in total. The predicted octanol–water partition coefficient (Wildman–Crippen LogP) is 3.62. The van der Waals surface area contributed by atoms with Gasteiger partial charge in [-0.1, -0.05) is 42.5 Å². The maximum Gasteiger partial charge on any atom is 0.118 e. The van der Waals surface area contributed by atoms with Crippen LogP contribution in [0.4, 0.5) is 5.69 Å². The second-order valence-corrected chi connectivity index (χ2v) is 4.75. The summed E-state index contributed by atoms with van der Waals surface area (Å²) in [5, 5.41) is 10.3. The SMILES string of the molecule is COc1ccc(C(Nc2cn[nH]c2)c2ccccc2)cc1. The van der Waals surface area contributed by atoms with E-state index in [1.807, 2.05) is 36.5 Å². The van der Waals surface area contributed by atoms with E-state index in [1.54, 1.807) is 13.3 Å². The van der Waals surface area contributed by atoms with Gasteiger partial charge in [0, 0.05) is 6.20 Å². The molecule has 1 atom stereocenters. The summed E-state index contributed by atoms with van der Waals surface area (Å²) >= 11 is 0. The third-order valence-electron chi connectivity index (χ3n) is 3.39. The van der Waals surface area contributed by atoms with Crippen LogP contribution >= 0.6 is 0 Å². The van der Waals surface area contributed by atoms with Gasteiger partial charge in [-0.05, 0) is 23.3 Å². The zero-order valence-electron chi connectivity index (χ0n) is 11.8. The van der Waals surface area contributed by atoms with Gasteiger partial charge in [0.1, 0.15) is 5.75 Å². The van der Waals surface area contributed by atoms with Crippen molar-refractivity contribution in [1.82, 2.24) is 10.2 Å². The van der Waals surface area contributed by atoms with Crippen LogP contribution in [0.1, 0.15) is 17.2 Å². The Morgan fingerprint density at radius 1 is 1.00 bits per heavy atom. The van der Waals surface area contributed by atoms with Gasteiger partial charge in [-0.2, -0.15) is 5.10 Å². The molecule has 0 spiro atoms. The summed E-state index contributed by atoms with van der Waals surface area (Å²) in [4.78, 5) is 0. The Bertz CT molecular complexity index is 663. The van der Waals surface area contributed by atoms with Gasteiger partial charge in [-0.25, -0.2) is 0 Å². The number of nitrogens with zero attached hydrogens (tertiary/aromatic N) is 1. The standard InChI is InChI=1S/C17H17N3O/c1-21-16-9-7-14(8-10-16)17(13-5-3-2-4-6-13)20-15-11-18-19-12-15/h2-12,17,20H,1H3,(H,18,19). The first-order valence-electron chi connectivity index (χ1n) is 6.81. The summed E-state index contributed by atoms with van der Waals surface area (Å²) in [5.41, 5.74) is 3.33. The fourth-order valence-electron chi connectivity index (χ4n) is 2.30. The van der Waals surface area contributed by atoms with Gasteiger partial charge >= 0.3 is 0 Å². The summed E-state index contributed by atoms with van der Waals surface area (Å²) in [6.07, 6.45) is 3.62. The van der Waals surface area contributed by atoms with Crippen LogP contribution < -0.4 is 10.1 Å². The molecule has 0 fully saturated rings. The Morgan fingerprint density at radius 2 is 1.71 bits per heavy atom. The second kappa shape index (κ2) is 6.13. The van der Waals surface area contributed by atoms with Gasteiger partial charge in [0.2, 0.25) is 0 Å². The van der Waals surface area contributed by atoms with Crippen molar-refractivity contribution >= 4 is 5.69 Å². The van der Waals surface area contributed by atoms with Crippen molar-refractivity contribution in [2.24, 2.45) is 0 Å². The number of hydrogen-bond donors (Lipinski definition) is 2. The number of aromatic amines is 1. The fourth-order valence-corrected chi connectivity index (χ4v) is 2.30. The van der Waals surface area contributed by atoms with E-state index in [2.05, 4.69) is 39.8 Å². The lowest BCUT2D eigenvalue weighted by molar-refractivity contribution is 0.414. The lowest BCUT2D eigenvalue weighted by atomic mass is 9.98. The highest BCUT2D eigenvalue weighted by Gasteiger charge is 2.14. The lowest BCUT2D eigenvalue weighted by Gasteiger charge is -2.20. The Morgan fingerprint density at radius 3 is 2.33 bits per heavy atom. The first-order chi connectivity index (χ1) is 10.4. The summed E-state index contributed by atoms with van der Waals surface area (Å²) in [5.74, 6) is 0.855. The third-order valence-corrected chi connectivity index (χ3v) is 3.39. The number of hydrogen-bond acceptors (Lipinski definition) is 3. The molecular weight excluding hydrogens is 262 g/mol. The molecule has 3 aromatic rings. The first kappa shape index (κ1) is 13.2. The molecule has 1 aromatic heterocycles. The van der Waals surface area contributed by atoms with E-state index in [0.717, 1.165) is 11.4 Å². The quantitative estimate of drug-likeness (QED) is 0.750. The maximum atomic E-state index is 5.23. The minimum atomic E-state index is 0.0645. The van der Waals surface area contributed by atoms with Gasteiger partial charge in [0.15, 0.2) is 0 Å². The summed E-state index contributed by atoms with van der Waals surface area (Å²) in [6.45, 7) is 0. The van der Waals surface area contributed by atoms with Gasteiger partial charge in [0.25, 0.3) is 0 Å². The maximum absolute atomic E-state index is 5.23. The molecule has 0 amide bonds. The van der Waals surface area contributed by atoms with Gasteiger partial charge < -0.3 is 10.1 Å². The van der Waals surface area contributed by atoms with Gasteiger partial charge in [-0.15, -0.1) is 0 Å². The van der Waals surface area contributed by atoms with E-state index in [0.29, 0.717) is 0 Å². The number of benzene rings is 2. The zero-order valence-corrected chi connectivity index (χ0v) is 11.8. The number of aromatic nitrogens is 2. The summed E-state index contributed by atoms with van der Waals surface area (Å²) in [7, 11) is 1.67. The molecule has 0 aliphatic rings. The number of ether oxygens (including phenoxy) is 1. The van der Waals surface area contributed by atoms with E-state index >= 15 is 0 Å². The van der Waals surface area contributed by atoms with Crippen molar-refractivity contribution in [1.29, 1.82) is 0 Å². The molecule has 2 N–H and O–H groups in total. The van der Waals surface area contributed by atoms with Crippen molar-refractivity contribution in [3.05, 3.63) is 78.1 Å². The number of anilines is 1. The highest BCUT2D eigenvalue weighted by Crippen LogP contribution is 2.27. The van der Waals surface area contributed by atoms with Crippen molar-refractivity contribution in [2.75, 3.05) is 12.4 Å². The van der Waals surface area contributed by atoms with Gasteiger partial charge in [0.05, 0.1) is 25.0 Å². The van der Waals surface area contributed by atoms with Crippen LogP contribution in [0.5, 0.6) is 5.75 Å². The average Bonchev–Trinajstić information content (AvgIpc) is 3.07. The molecule has 21 heavy (non-hydrogen) atoms. The number of rotatable bonds is 5. The molecular formula is C17H17N3O. The van der Waals surface area contributed by atoms with Crippen molar-refractivity contribution in [2.45, 2.75) is 6.04 Å². The van der Waals surface area contributed by atoms with Gasteiger partial charge in [-0.3, -0.25) is 5.10 Å². The van der Waals surface area contributed by atoms with Crippen LogP contribution in [-0.2, 0) is 0 Å². The van der Waals surface area contributed by atoms with Crippen LogP contribution in [0, 0.1) is 0 Å². The largest absolute Gasteiger partial charge is 0.497 e. The monoisotopic (exact) mass is 279 g/mol. The molecule has 1 unspecified atom stereocenters. The lowest BCUT2D eigenvalue weighted by Crippen LogP contribution is -2.11. The molecule has 0 saturated carbocycles. The summed E-state index contributed by atoms with van der Waals surface area (Å²) in [6, 6.07) is 18.5. The minimum Gasteiger partial charge on any atom is -0.497 e. The number of nitrogens with one attached hydrogen (secondary N) is 2. The first-order valence-corrected chi connectivity index (χ1v) is 6.81. The molecule has 2 aromatic carbocycles. The van der Waals surface area contributed by atoms with Crippen LogP contribution in [0.2, 0.25) is 0 Å². The molecule has 0 aliphatic heterocycles. The number of H-pyrrole nitrogens is 1. The Balaban J connectivity index is 1.94. The molecule has 106 valence electrons. The number of methoxy groups -OCH3 is 1. The van der Waals surface area contributed by atoms with Crippen LogP contribution in [0.15, 0.2) is 67.0 Å². The Hall–Kier alpha value is -2.75. The third kappa shape index (κ3) is 3.05. The van der Waals surface area contributed by atoms with E-state index in [1.165, 1.54) is 11.1 Å². The summed E-state index contributed by atoms with van der Waals surface area (Å²) < 4.78 is 5.23. The molecule has 1 heterocycles. The Labute approximate surface area is 123 Å². The molecule has 0 bridgehead atoms. The average molecular weight is 279 g/mol. The predicted molar refractivity (Wildman–Crippen MR) is 83.5 cm³/mol. The fraction of sp³-hybridized carbons (Fsp3) is 0.118. The van der Waals surface area contributed by atoms with E-state index in [-0.39, 0.29) is 6.04 Å². The molecule has 4 heteroatoms.